The summed E-state index contributed by atoms with van der Waals surface area (Å²) in [4.78, 5) is 2.38. The Bertz CT molecular complexity index is 452. The van der Waals surface area contributed by atoms with E-state index in [9.17, 15) is 0 Å². The van der Waals surface area contributed by atoms with E-state index in [1.165, 1.54) is 0 Å². The standard InChI is InChI=1S/C16H25NO4/c1-18-11-13-8-14(19-2)10-17(13)9-12-6-5-7-15(20-3)16(12)21-4/h5-7,13-14H,8-11H2,1-4H3/t13-,14+/m0/s1. The number of nitrogens with zero attached hydrogens (tertiary/aromatic N) is 1. The molecule has 1 aliphatic heterocycles. The molecule has 118 valence electrons. The van der Waals surface area contributed by atoms with E-state index in [0.29, 0.717) is 12.6 Å². The molecule has 5 nitrogen and oxygen atoms in total. The molecule has 1 saturated heterocycles. The van der Waals surface area contributed by atoms with Gasteiger partial charge >= 0.3 is 0 Å². The third-order valence-corrected chi connectivity index (χ3v) is 4.04. The smallest absolute Gasteiger partial charge is 0.165 e. The van der Waals surface area contributed by atoms with Crippen LogP contribution in [0.1, 0.15) is 12.0 Å². The molecule has 1 aromatic rings. The lowest BCUT2D eigenvalue weighted by atomic mass is 10.1. The Labute approximate surface area is 126 Å². The molecular weight excluding hydrogens is 270 g/mol. The van der Waals surface area contributed by atoms with Gasteiger partial charge in [0.1, 0.15) is 0 Å². The molecule has 1 aromatic carbocycles. The molecule has 0 N–H and O–H groups in total. The van der Waals surface area contributed by atoms with Crippen LogP contribution in [0.25, 0.3) is 0 Å². The monoisotopic (exact) mass is 295 g/mol. The summed E-state index contributed by atoms with van der Waals surface area (Å²) in [6.45, 7) is 2.42. The molecule has 0 amide bonds. The van der Waals surface area contributed by atoms with Gasteiger partial charge in [0, 0.05) is 38.9 Å². The fourth-order valence-electron chi connectivity index (χ4n) is 2.96. The van der Waals surface area contributed by atoms with Crippen molar-refractivity contribution in [3.05, 3.63) is 23.8 Å². The first kappa shape index (κ1) is 16.1. The van der Waals surface area contributed by atoms with Gasteiger partial charge in [-0.2, -0.15) is 0 Å². The first-order chi connectivity index (χ1) is 10.2. The van der Waals surface area contributed by atoms with Crippen molar-refractivity contribution < 1.29 is 18.9 Å². The van der Waals surface area contributed by atoms with E-state index >= 15 is 0 Å². The summed E-state index contributed by atoms with van der Waals surface area (Å²) in [5.74, 6) is 1.57. The maximum absolute atomic E-state index is 5.51. The van der Waals surface area contributed by atoms with E-state index in [0.717, 1.165) is 36.6 Å². The van der Waals surface area contributed by atoms with Gasteiger partial charge in [0.2, 0.25) is 0 Å². The van der Waals surface area contributed by atoms with E-state index in [4.69, 9.17) is 18.9 Å². The van der Waals surface area contributed by atoms with E-state index in [1.807, 2.05) is 12.1 Å². The molecule has 0 saturated carbocycles. The van der Waals surface area contributed by atoms with Gasteiger partial charge in [-0.1, -0.05) is 12.1 Å². The molecule has 1 fully saturated rings. The summed E-state index contributed by atoms with van der Waals surface area (Å²) in [6, 6.07) is 6.35. The number of hydrogen-bond donors (Lipinski definition) is 0. The van der Waals surface area contributed by atoms with Crippen molar-refractivity contribution in [2.75, 3.05) is 41.6 Å². The highest BCUT2D eigenvalue weighted by Gasteiger charge is 2.32. The molecule has 5 heteroatoms. The van der Waals surface area contributed by atoms with Gasteiger partial charge in [-0.25, -0.2) is 0 Å². The first-order valence-corrected chi connectivity index (χ1v) is 7.19. The summed E-state index contributed by atoms with van der Waals surface area (Å²) in [7, 11) is 6.84. The molecule has 0 radical (unpaired) electrons. The van der Waals surface area contributed by atoms with Crippen molar-refractivity contribution in [2.45, 2.75) is 25.1 Å². The lowest BCUT2D eigenvalue weighted by Gasteiger charge is -2.24. The third-order valence-electron chi connectivity index (χ3n) is 4.04. The van der Waals surface area contributed by atoms with Crippen LogP contribution in [0, 0.1) is 0 Å². The fourth-order valence-corrected chi connectivity index (χ4v) is 2.96. The minimum Gasteiger partial charge on any atom is -0.493 e. The Morgan fingerprint density at radius 1 is 1.14 bits per heavy atom. The Kier molecular flexibility index (Phi) is 5.85. The summed E-state index contributed by atoms with van der Waals surface area (Å²) in [6.07, 6.45) is 1.26. The molecule has 0 spiro atoms. The molecular formula is C16H25NO4. The number of rotatable bonds is 7. The van der Waals surface area contributed by atoms with E-state index in [-0.39, 0.29) is 6.10 Å². The maximum atomic E-state index is 5.51. The van der Waals surface area contributed by atoms with Crippen LogP contribution in [0.3, 0.4) is 0 Å². The van der Waals surface area contributed by atoms with Crippen molar-refractivity contribution >= 4 is 0 Å². The average Bonchev–Trinajstić information content (AvgIpc) is 2.89. The van der Waals surface area contributed by atoms with Crippen LogP contribution in [0.15, 0.2) is 18.2 Å². The molecule has 2 atom stereocenters. The van der Waals surface area contributed by atoms with Gasteiger partial charge in [-0.15, -0.1) is 0 Å². The van der Waals surface area contributed by atoms with Gasteiger partial charge < -0.3 is 18.9 Å². The molecule has 1 heterocycles. The summed E-state index contributed by atoms with van der Waals surface area (Å²) < 4.78 is 21.7. The lowest BCUT2D eigenvalue weighted by molar-refractivity contribution is 0.105. The number of likely N-dealkylation sites (tertiary alicyclic amines) is 1. The first-order valence-electron chi connectivity index (χ1n) is 7.19. The number of ether oxygens (including phenoxy) is 4. The van der Waals surface area contributed by atoms with E-state index < -0.39 is 0 Å². The number of hydrogen-bond acceptors (Lipinski definition) is 5. The van der Waals surface area contributed by atoms with Gasteiger partial charge in [0.25, 0.3) is 0 Å². The summed E-state index contributed by atoms with van der Waals surface area (Å²) in [5, 5.41) is 0. The van der Waals surface area contributed by atoms with Crippen molar-refractivity contribution in [3.8, 4) is 11.5 Å². The number of methoxy groups -OCH3 is 4. The normalized spacial score (nSPS) is 22.5. The molecule has 0 unspecified atom stereocenters. The van der Waals surface area contributed by atoms with Crippen LogP contribution in [0.2, 0.25) is 0 Å². The highest BCUT2D eigenvalue weighted by atomic mass is 16.5. The Morgan fingerprint density at radius 2 is 1.95 bits per heavy atom. The van der Waals surface area contributed by atoms with Gasteiger partial charge in [-0.3, -0.25) is 4.90 Å². The van der Waals surface area contributed by atoms with Crippen LogP contribution in [-0.4, -0.2) is 58.6 Å². The predicted molar refractivity (Wildman–Crippen MR) is 81.0 cm³/mol. The van der Waals surface area contributed by atoms with Crippen LogP contribution in [0.4, 0.5) is 0 Å². The van der Waals surface area contributed by atoms with Crippen LogP contribution in [-0.2, 0) is 16.0 Å². The largest absolute Gasteiger partial charge is 0.493 e. The molecule has 0 bridgehead atoms. The Morgan fingerprint density at radius 3 is 2.57 bits per heavy atom. The number of para-hydroxylation sites is 1. The maximum Gasteiger partial charge on any atom is 0.165 e. The van der Waals surface area contributed by atoms with Crippen molar-refractivity contribution in [3.63, 3.8) is 0 Å². The fraction of sp³-hybridized carbons (Fsp3) is 0.625. The molecule has 21 heavy (non-hydrogen) atoms. The van der Waals surface area contributed by atoms with E-state index in [1.54, 1.807) is 28.4 Å². The zero-order chi connectivity index (χ0) is 15.2. The van der Waals surface area contributed by atoms with Crippen molar-refractivity contribution in [2.24, 2.45) is 0 Å². The second-order valence-corrected chi connectivity index (χ2v) is 5.28. The lowest BCUT2D eigenvalue weighted by Crippen LogP contribution is -2.32. The molecule has 0 aliphatic carbocycles. The third kappa shape index (κ3) is 3.67. The van der Waals surface area contributed by atoms with E-state index in [2.05, 4.69) is 11.0 Å². The average molecular weight is 295 g/mol. The van der Waals surface area contributed by atoms with Crippen LogP contribution in [0.5, 0.6) is 11.5 Å². The molecule has 1 aliphatic rings. The zero-order valence-electron chi connectivity index (χ0n) is 13.3. The van der Waals surface area contributed by atoms with Gasteiger partial charge in [-0.05, 0) is 12.5 Å². The SMILES string of the molecule is COC[C@@H]1C[C@@H](OC)CN1Cc1cccc(OC)c1OC. The Hall–Kier alpha value is -1.30. The minimum atomic E-state index is 0.266. The van der Waals surface area contributed by atoms with Crippen LogP contribution >= 0.6 is 0 Å². The minimum absolute atomic E-state index is 0.266. The summed E-state index contributed by atoms with van der Waals surface area (Å²) in [5.41, 5.74) is 1.12. The molecule has 2 rings (SSSR count). The Balaban J connectivity index is 2.16. The van der Waals surface area contributed by atoms with Crippen molar-refractivity contribution in [1.29, 1.82) is 0 Å². The second-order valence-electron chi connectivity index (χ2n) is 5.28. The zero-order valence-corrected chi connectivity index (χ0v) is 13.3. The quantitative estimate of drug-likeness (QED) is 0.769. The molecule has 0 aromatic heterocycles. The second kappa shape index (κ2) is 7.64. The van der Waals surface area contributed by atoms with Gasteiger partial charge in [0.15, 0.2) is 11.5 Å². The van der Waals surface area contributed by atoms with Crippen molar-refractivity contribution in [1.82, 2.24) is 4.90 Å². The van der Waals surface area contributed by atoms with Crippen LogP contribution < -0.4 is 9.47 Å². The highest BCUT2D eigenvalue weighted by Crippen LogP contribution is 2.33. The topological polar surface area (TPSA) is 40.2 Å². The highest BCUT2D eigenvalue weighted by molar-refractivity contribution is 5.46. The predicted octanol–water partition coefficient (Wildman–Crippen LogP) is 1.94. The van der Waals surface area contributed by atoms with Gasteiger partial charge in [0.05, 0.1) is 26.9 Å². The summed E-state index contributed by atoms with van der Waals surface area (Å²) >= 11 is 0. The number of benzene rings is 1.